The van der Waals surface area contributed by atoms with Gasteiger partial charge in [-0.1, -0.05) is 54.6 Å². The van der Waals surface area contributed by atoms with E-state index < -0.39 is 0 Å². The molecule has 4 heteroatoms. The second kappa shape index (κ2) is 6.23. The van der Waals surface area contributed by atoms with E-state index in [-0.39, 0.29) is 6.04 Å². The number of aromatic nitrogens is 2. The monoisotopic (exact) mass is 339 g/mol. The summed E-state index contributed by atoms with van der Waals surface area (Å²) in [5, 5.41) is 2.15. The van der Waals surface area contributed by atoms with Crippen molar-refractivity contribution >= 4 is 27.7 Å². The van der Waals surface area contributed by atoms with Crippen molar-refractivity contribution in [1.82, 2.24) is 9.97 Å². The summed E-state index contributed by atoms with van der Waals surface area (Å²) in [6, 6.07) is 22.7. The summed E-state index contributed by atoms with van der Waals surface area (Å²) >= 11 is 0. The van der Waals surface area contributed by atoms with E-state index in [4.69, 9.17) is 14.7 Å². The fraction of sp³-hybridized carbons (Fsp3) is 0.136. The quantitative estimate of drug-likeness (QED) is 0.526. The molecule has 4 nitrogen and oxygen atoms in total. The molecular formula is C22H17N3O. The molecule has 0 saturated heterocycles. The van der Waals surface area contributed by atoms with Crippen LogP contribution < -0.4 is 0 Å². The van der Waals surface area contributed by atoms with Crippen LogP contribution in [0.4, 0.5) is 0 Å². The van der Waals surface area contributed by atoms with Crippen LogP contribution in [-0.2, 0) is 11.2 Å². The van der Waals surface area contributed by atoms with Crippen LogP contribution in [-0.4, -0.2) is 28.5 Å². The number of hydrogen-bond acceptors (Lipinski definition) is 4. The molecule has 4 aromatic rings. The predicted molar refractivity (Wildman–Crippen MR) is 103 cm³/mol. The maximum Gasteiger partial charge on any atom is 0.235 e. The highest BCUT2D eigenvalue weighted by Crippen LogP contribution is 2.23. The highest BCUT2D eigenvalue weighted by molar-refractivity contribution is 6.04. The zero-order valence-corrected chi connectivity index (χ0v) is 14.2. The van der Waals surface area contributed by atoms with Crippen LogP contribution in [0, 0.1) is 0 Å². The summed E-state index contributed by atoms with van der Waals surface area (Å²) in [4.78, 5) is 14.1. The molecule has 5 rings (SSSR count). The van der Waals surface area contributed by atoms with E-state index in [9.17, 15) is 0 Å². The molecule has 1 unspecified atom stereocenters. The Balaban J connectivity index is 1.51. The van der Waals surface area contributed by atoms with Crippen molar-refractivity contribution in [2.75, 3.05) is 6.61 Å². The first-order valence-corrected chi connectivity index (χ1v) is 8.76. The minimum Gasteiger partial charge on any atom is -0.474 e. The van der Waals surface area contributed by atoms with Crippen LogP contribution in [0.15, 0.2) is 77.9 Å². The van der Waals surface area contributed by atoms with Crippen LogP contribution >= 0.6 is 0 Å². The molecule has 2 aromatic carbocycles. The van der Waals surface area contributed by atoms with Gasteiger partial charge in [-0.15, -0.1) is 0 Å². The predicted octanol–water partition coefficient (Wildman–Crippen LogP) is 4.17. The first-order chi connectivity index (χ1) is 12.9. The summed E-state index contributed by atoms with van der Waals surface area (Å²) in [7, 11) is 0. The zero-order chi connectivity index (χ0) is 17.3. The number of hydrogen-bond donors (Lipinski definition) is 0. The Morgan fingerprint density at radius 3 is 2.54 bits per heavy atom. The van der Waals surface area contributed by atoms with E-state index in [1.54, 1.807) is 6.20 Å². The van der Waals surface area contributed by atoms with Gasteiger partial charge in [-0.3, -0.25) is 4.98 Å². The van der Waals surface area contributed by atoms with Gasteiger partial charge in [-0.2, -0.15) is 0 Å². The standard InChI is InChI=1S/C22H17N3O/c1-2-5-15(6-3-1)13-18-14-26-22(24-18)19-11-10-17-9-8-16-7-4-12-23-20(16)21(17)25-19/h1-12,18H,13-14H2. The van der Waals surface area contributed by atoms with Gasteiger partial charge in [0.05, 0.1) is 17.1 Å². The maximum atomic E-state index is 5.85. The number of ether oxygens (including phenoxy) is 1. The first kappa shape index (κ1) is 15.0. The molecule has 1 atom stereocenters. The van der Waals surface area contributed by atoms with Gasteiger partial charge in [0.1, 0.15) is 12.3 Å². The van der Waals surface area contributed by atoms with E-state index in [0.717, 1.165) is 33.9 Å². The molecule has 0 bridgehead atoms. The van der Waals surface area contributed by atoms with Crippen molar-refractivity contribution in [3.63, 3.8) is 0 Å². The van der Waals surface area contributed by atoms with Crippen molar-refractivity contribution in [3.05, 3.63) is 84.2 Å². The number of pyridine rings is 2. The van der Waals surface area contributed by atoms with Crippen LogP contribution in [0.1, 0.15) is 11.3 Å². The van der Waals surface area contributed by atoms with Crippen molar-refractivity contribution in [1.29, 1.82) is 0 Å². The third kappa shape index (κ3) is 2.69. The average Bonchev–Trinajstić information content (AvgIpc) is 3.17. The van der Waals surface area contributed by atoms with Crippen LogP contribution in [0.25, 0.3) is 21.8 Å². The fourth-order valence-electron chi connectivity index (χ4n) is 3.39. The number of benzene rings is 2. The second-order valence-corrected chi connectivity index (χ2v) is 6.50. The average molecular weight is 339 g/mol. The molecule has 26 heavy (non-hydrogen) atoms. The van der Waals surface area contributed by atoms with Crippen LogP contribution in [0.2, 0.25) is 0 Å². The zero-order valence-electron chi connectivity index (χ0n) is 14.2. The lowest BCUT2D eigenvalue weighted by atomic mass is 10.1. The van der Waals surface area contributed by atoms with E-state index in [2.05, 4.69) is 53.5 Å². The second-order valence-electron chi connectivity index (χ2n) is 6.50. The van der Waals surface area contributed by atoms with Crippen molar-refractivity contribution < 1.29 is 4.74 Å². The lowest BCUT2D eigenvalue weighted by Gasteiger charge is -2.05. The number of aliphatic imine (C=N–C) groups is 1. The van der Waals surface area contributed by atoms with Gasteiger partial charge in [-0.25, -0.2) is 9.98 Å². The largest absolute Gasteiger partial charge is 0.474 e. The summed E-state index contributed by atoms with van der Waals surface area (Å²) in [6.45, 7) is 0.595. The topological polar surface area (TPSA) is 47.4 Å². The molecule has 0 aliphatic carbocycles. The highest BCUT2D eigenvalue weighted by Gasteiger charge is 2.21. The Morgan fingerprint density at radius 1 is 0.846 bits per heavy atom. The third-order valence-corrected chi connectivity index (χ3v) is 4.68. The molecule has 2 aromatic heterocycles. The molecule has 1 aliphatic rings. The lowest BCUT2D eigenvalue weighted by Crippen LogP contribution is -2.09. The van der Waals surface area contributed by atoms with E-state index in [0.29, 0.717) is 12.5 Å². The van der Waals surface area contributed by atoms with E-state index in [1.165, 1.54) is 5.56 Å². The maximum absolute atomic E-state index is 5.85. The minimum atomic E-state index is 0.135. The van der Waals surface area contributed by atoms with Crippen LogP contribution in [0.3, 0.4) is 0 Å². The van der Waals surface area contributed by atoms with Gasteiger partial charge < -0.3 is 4.74 Å². The van der Waals surface area contributed by atoms with Crippen LogP contribution in [0.5, 0.6) is 0 Å². The summed E-state index contributed by atoms with van der Waals surface area (Å²) in [5.74, 6) is 0.626. The Bertz CT molecular complexity index is 1120. The molecule has 0 N–H and O–H groups in total. The molecule has 1 aliphatic heterocycles. The number of rotatable bonds is 3. The Labute approximate surface area is 151 Å². The molecule has 126 valence electrons. The van der Waals surface area contributed by atoms with E-state index in [1.807, 2.05) is 18.2 Å². The Kier molecular flexibility index (Phi) is 3.60. The lowest BCUT2D eigenvalue weighted by molar-refractivity contribution is 0.316. The Hall–Kier alpha value is -3.27. The van der Waals surface area contributed by atoms with Gasteiger partial charge in [-0.05, 0) is 24.1 Å². The van der Waals surface area contributed by atoms with Crippen molar-refractivity contribution in [3.8, 4) is 0 Å². The van der Waals surface area contributed by atoms with Crippen molar-refractivity contribution in [2.24, 2.45) is 4.99 Å². The van der Waals surface area contributed by atoms with Gasteiger partial charge in [0, 0.05) is 17.0 Å². The fourth-order valence-corrected chi connectivity index (χ4v) is 3.39. The number of fused-ring (bicyclic) bond motifs is 3. The minimum absolute atomic E-state index is 0.135. The normalized spacial score (nSPS) is 16.6. The molecule has 0 saturated carbocycles. The van der Waals surface area contributed by atoms with Gasteiger partial charge >= 0.3 is 0 Å². The molecular weight excluding hydrogens is 322 g/mol. The van der Waals surface area contributed by atoms with Crippen molar-refractivity contribution in [2.45, 2.75) is 12.5 Å². The summed E-state index contributed by atoms with van der Waals surface area (Å²) < 4.78 is 5.85. The third-order valence-electron chi connectivity index (χ3n) is 4.68. The number of nitrogens with zero attached hydrogens (tertiary/aromatic N) is 3. The smallest absolute Gasteiger partial charge is 0.235 e. The molecule has 0 radical (unpaired) electrons. The molecule has 0 amide bonds. The first-order valence-electron chi connectivity index (χ1n) is 8.76. The van der Waals surface area contributed by atoms with E-state index >= 15 is 0 Å². The summed E-state index contributed by atoms with van der Waals surface area (Å²) in [5.41, 5.74) is 3.84. The molecule has 0 fully saturated rings. The highest BCUT2D eigenvalue weighted by atomic mass is 16.5. The molecule has 3 heterocycles. The summed E-state index contributed by atoms with van der Waals surface area (Å²) in [6.07, 6.45) is 2.68. The Morgan fingerprint density at radius 2 is 1.65 bits per heavy atom. The van der Waals surface area contributed by atoms with Gasteiger partial charge in [0.15, 0.2) is 0 Å². The SMILES string of the molecule is c1ccc(CC2COC(c3ccc4ccc5cccnc5c4n3)=N2)cc1. The van der Waals surface area contributed by atoms with Gasteiger partial charge in [0.2, 0.25) is 5.90 Å². The van der Waals surface area contributed by atoms with Gasteiger partial charge in [0.25, 0.3) is 0 Å². The molecule has 0 spiro atoms.